The number of hydrogen-bond acceptors (Lipinski definition) is 4. The van der Waals surface area contributed by atoms with Crippen LogP contribution in [0, 0.1) is 13.8 Å². The number of hydrogen-bond donors (Lipinski definition) is 1. The van der Waals surface area contributed by atoms with Crippen LogP contribution in [0.25, 0.3) is 0 Å². The third-order valence-electron chi connectivity index (χ3n) is 4.26. The van der Waals surface area contributed by atoms with Crippen molar-refractivity contribution in [3.05, 3.63) is 53.1 Å². The van der Waals surface area contributed by atoms with Gasteiger partial charge in [-0.1, -0.05) is 12.1 Å². The molecule has 0 aliphatic heterocycles. The highest BCUT2D eigenvalue weighted by Gasteiger charge is 2.11. The number of methoxy groups -OCH3 is 1. The highest BCUT2D eigenvalue weighted by molar-refractivity contribution is 5.76. The van der Waals surface area contributed by atoms with Crippen LogP contribution in [0.1, 0.15) is 23.1 Å². The fraction of sp³-hybridized carbons (Fsp3) is 0.381. The van der Waals surface area contributed by atoms with Crippen molar-refractivity contribution in [2.24, 2.45) is 0 Å². The van der Waals surface area contributed by atoms with Crippen molar-refractivity contribution >= 4 is 5.91 Å². The van der Waals surface area contributed by atoms with Gasteiger partial charge in [0.25, 0.3) is 0 Å². The molecule has 2 rings (SSSR count). The lowest BCUT2D eigenvalue weighted by molar-refractivity contribution is -0.121. The Balaban J connectivity index is 1.75. The van der Waals surface area contributed by atoms with Gasteiger partial charge in [-0.25, -0.2) is 0 Å². The molecular weight excluding hydrogens is 368 g/mol. The van der Waals surface area contributed by atoms with Gasteiger partial charge in [-0.3, -0.25) is 4.79 Å². The van der Waals surface area contributed by atoms with E-state index >= 15 is 0 Å². The summed E-state index contributed by atoms with van der Waals surface area (Å²) in [5.41, 5.74) is 3.07. The lowest BCUT2D eigenvalue weighted by Crippen LogP contribution is -2.27. The van der Waals surface area contributed by atoms with Gasteiger partial charge in [0.05, 0.1) is 20.1 Å². The first kappa shape index (κ1) is 21.5. The Hall–Kier alpha value is -2.83. The first-order valence-electron chi connectivity index (χ1n) is 8.97. The second-order valence-corrected chi connectivity index (χ2v) is 6.31. The van der Waals surface area contributed by atoms with E-state index < -0.39 is 6.61 Å². The third kappa shape index (κ3) is 6.72. The summed E-state index contributed by atoms with van der Waals surface area (Å²) in [6.45, 7) is 1.76. The van der Waals surface area contributed by atoms with Crippen molar-refractivity contribution in [2.75, 3.05) is 20.3 Å². The average Bonchev–Trinajstić information content (AvgIpc) is 2.64. The molecule has 0 aliphatic carbocycles. The quantitative estimate of drug-likeness (QED) is 0.662. The molecule has 5 nitrogen and oxygen atoms in total. The molecule has 0 saturated carbocycles. The van der Waals surface area contributed by atoms with Crippen LogP contribution in [0.2, 0.25) is 0 Å². The summed E-state index contributed by atoms with van der Waals surface area (Å²) in [6.07, 6.45) is 0.711. The van der Waals surface area contributed by atoms with Gasteiger partial charge in [0.1, 0.15) is 5.75 Å². The summed E-state index contributed by atoms with van der Waals surface area (Å²) in [5, 5.41) is 2.79. The molecule has 0 fully saturated rings. The van der Waals surface area contributed by atoms with Crippen molar-refractivity contribution in [1.82, 2.24) is 5.32 Å². The van der Waals surface area contributed by atoms with Gasteiger partial charge >= 0.3 is 6.61 Å². The van der Waals surface area contributed by atoms with Gasteiger partial charge in [-0.15, -0.1) is 0 Å². The van der Waals surface area contributed by atoms with E-state index in [9.17, 15) is 13.6 Å². The van der Waals surface area contributed by atoms with E-state index in [2.05, 4.69) is 10.1 Å². The molecule has 1 amide bonds. The maximum absolute atomic E-state index is 12.5. The Kier molecular flexibility index (Phi) is 8.04. The molecule has 0 radical (unpaired) electrons. The summed E-state index contributed by atoms with van der Waals surface area (Å²) in [5.74, 6) is 0.807. The highest BCUT2D eigenvalue weighted by Crippen LogP contribution is 2.29. The minimum Gasteiger partial charge on any atom is -0.493 e. The molecule has 0 bridgehead atoms. The van der Waals surface area contributed by atoms with Crippen LogP contribution < -0.4 is 19.5 Å². The van der Waals surface area contributed by atoms with Crippen molar-refractivity contribution in [2.45, 2.75) is 33.3 Å². The van der Waals surface area contributed by atoms with Crippen LogP contribution in [0.4, 0.5) is 8.78 Å². The Labute approximate surface area is 163 Å². The Bertz CT molecular complexity index is 796. The van der Waals surface area contributed by atoms with Crippen molar-refractivity contribution in [1.29, 1.82) is 0 Å². The number of halogens is 2. The molecule has 0 unspecified atom stereocenters. The molecule has 0 aromatic heterocycles. The number of benzene rings is 2. The first-order valence-corrected chi connectivity index (χ1v) is 8.97. The first-order chi connectivity index (χ1) is 13.4. The normalized spacial score (nSPS) is 10.6. The number of rotatable bonds is 10. The van der Waals surface area contributed by atoms with Gasteiger partial charge in [-0.05, 0) is 61.2 Å². The van der Waals surface area contributed by atoms with Crippen LogP contribution in [-0.4, -0.2) is 32.8 Å². The Morgan fingerprint density at radius 1 is 1.07 bits per heavy atom. The molecule has 2 aromatic rings. The molecule has 0 heterocycles. The minimum absolute atomic E-state index is 0.0249. The monoisotopic (exact) mass is 393 g/mol. The van der Waals surface area contributed by atoms with Crippen molar-refractivity contribution < 1.29 is 27.8 Å². The molecule has 7 heteroatoms. The summed E-state index contributed by atoms with van der Waals surface area (Å²) in [7, 11) is 1.38. The summed E-state index contributed by atoms with van der Waals surface area (Å²) >= 11 is 0. The molecule has 152 valence electrons. The van der Waals surface area contributed by atoms with Gasteiger partial charge in [0.2, 0.25) is 5.91 Å². The Morgan fingerprint density at radius 2 is 1.86 bits per heavy atom. The zero-order chi connectivity index (χ0) is 20.5. The van der Waals surface area contributed by atoms with E-state index in [1.165, 1.54) is 18.7 Å². The maximum Gasteiger partial charge on any atom is 0.387 e. The zero-order valence-corrected chi connectivity index (χ0v) is 16.3. The molecule has 0 spiro atoms. The topological polar surface area (TPSA) is 56.8 Å². The minimum atomic E-state index is -2.93. The van der Waals surface area contributed by atoms with E-state index in [4.69, 9.17) is 9.47 Å². The van der Waals surface area contributed by atoms with Crippen LogP contribution in [0.15, 0.2) is 36.4 Å². The van der Waals surface area contributed by atoms with Crippen molar-refractivity contribution in [3.63, 3.8) is 0 Å². The standard InChI is InChI=1S/C21H25F2NO4/c1-14-4-6-17(12-15(14)2)27-11-9-20(25)24-10-8-16-5-7-18(26-3)19(13-16)28-21(22)23/h4-7,12-13,21H,8-11H2,1-3H3,(H,24,25). The van der Waals surface area contributed by atoms with E-state index in [0.717, 1.165) is 16.9 Å². The summed E-state index contributed by atoms with van der Waals surface area (Å²) < 4.78 is 40.0. The van der Waals surface area contributed by atoms with Gasteiger partial charge < -0.3 is 19.5 Å². The number of alkyl halides is 2. The fourth-order valence-electron chi connectivity index (χ4n) is 2.56. The van der Waals surface area contributed by atoms with Gasteiger partial charge in [0, 0.05) is 6.54 Å². The predicted molar refractivity (Wildman–Crippen MR) is 102 cm³/mol. The molecular formula is C21H25F2NO4. The number of ether oxygens (including phenoxy) is 3. The van der Waals surface area contributed by atoms with Crippen LogP contribution in [-0.2, 0) is 11.2 Å². The number of carbonyl (C=O) groups excluding carboxylic acids is 1. The van der Waals surface area contributed by atoms with E-state index in [0.29, 0.717) is 13.0 Å². The lowest BCUT2D eigenvalue weighted by atomic mass is 10.1. The lowest BCUT2D eigenvalue weighted by Gasteiger charge is -2.12. The highest BCUT2D eigenvalue weighted by atomic mass is 19.3. The fourth-order valence-corrected chi connectivity index (χ4v) is 2.56. The number of nitrogens with one attached hydrogen (secondary N) is 1. The number of aryl methyl sites for hydroxylation is 2. The van der Waals surface area contributed by atoms with Crippen LogP contribution >= 0.6 is 0 Å². The van der Waals surface area contributed by atoms with E-state index in [1.54, 1.807) is 12.1 Å². The SMILES string of the molecule is COc1ccc(CCNC(=O)CCOc2ccc(C)c(C)c2)cc1OC(F)F. The largest absolute Gasteiger partial charge is 0.493 e. The molecule has 0 atom stereocenters. The number of amides is 1. The third-order valence-corrected chi connectivity index (χ3v) is 4.26. The molecule has 2 aromatic carbocycles. The second-order valence-electron chi connectivity index (χ2n) is 6.31. The van der Waals surface area contributed by atoms with Gasteiger partial charge in [-0.2, -0.15) is 8.78 Å². The van der Waals surface area contributed by atoms with E-state index in [1.807, 2.05) is 32.0 Å². The Morgan fingerprint density at radius 3 is 2.54 bits per heavy atom. The van der Waals surface area contributed by atoms with Crippen LogP contribution in [0.3, 0.4) is 0 Å². The summed E-state index contributed by atoms with van der Waals surface area (Å²) in [6, 6.07) is 10.6. The van der Waals surface area contributed by atoms with Gasteiger partial charge in [0.15, 0.2) is 11.5 Å². The van der Waals surface area contributed by atoms with Crippen LogP contribution in [0.5, 0.6) is 17.2 Å². The summed E-state index contributed by atoms with van der Waals surface area (Å²) in [4.78, 5) is 11.9. The molecule has 0 saturated heterocycles. The maximum atomic E-state index is 12.5. The second kappa shape index (κ2) is 10.5. The predicted octanol–water partition coefficient (Wildman–Crippen LogP) is 4.04. The zero-order valence-electron chi connectivity index (χ0n) is 16.3. The smallest absolute Gasteiger partial charge is 0.387 e. The van der Waals surface area contributed by atoms with E-state index in [-0.39, 0.29) is 30.4 Å². The average molecular weight is 393 g/mol. The molecule has 1 N–H and O–H groups in total. The molecule has 28 heavy (non-hydrogen) atoms. The number of carbonyl (C=O) groups is 1. The molecule has 0 aliphatic rings. The van der Waals surface area contributed by atoms with Crippen molar-refractivity contribution in [3.8, 4) is 17.2 Å².